The van der Waals surface area contributed by atoms with Crippen molar-refractivity contribution >= 4 is 46.2 Å². The summed E-state index contributed by atoms with van der Waals surface area (Å²) in [5, 5.41) is 7.92. The van der Waals surface area contributed by atoms with E-state index in [9.17, 15) is 4.79 Å². The summed E-state index contributed by atoms with van der Waals surface area (Å²) >= 11 is 12.8. The number of esters is 1. The van der Waals surface area contributed by atoms with Crippen LogP contribution in [-0.2, 0) is 10.3 Å². The molecule has 0 aliphatic carbocycles. The molecular weight excluding hydrogens is 507 g/mol. The lowest BCUT2D eigenvalue weighted by molar-refractivity contribution is 0.0224. The molecule has 4 aromatic carbocycles. The van der Waals surface area contributed by atoms with Gasteiger partial charge in [-0.2, -0.15) is 0 Å². The Kier molecular flexibility index (Phi) is 5.98. The Hall–Kier alpha value is -3.67. The zero-order valence-electron chi connectivity index (χ0n) is 20.1. The van der Waals surface area contributed by atoms with Gasteiger partial charge in [-0.1, -0.05) is 54.7 Å². The number of nitrogens with one attached hydrogen (secondary N) is 2. The minimum atomic E-state index is -1.17. The van der Waals surface area contributed by atoms with Crippen molar-refractivity contribution in [1.29, 1.82) is 0 Å². The molecule has 0 saturated heterocycles. The van der Waals surface area contributed by atoms with E-state index in [-0.39, 0.29) is 5.97 Å². The topological polar surface area (TPSA) is 59.6 Å². The van der Waals surface area contributed by atoms with Crippen LogP contribution in [0.3, 0.4) is 0 Å². The van der Waals surface area contributed by atoms with Gasteiger partial charge in [-0.3, -0.25) is 0 Å². The van der Waals surface area contributed by atoms with Gasteiger partial charge in [0.2, 0.25) is 0 Å². The lowest BCUT2D eigenvalue weighted by Gasteiger charge is -2.37. The molecule has 1 atom stereocenters. The zero-order chi connectivity index (χ0) is 25.6. The molecule has 6 rings (SSSR count). The van der Waals surface area contributed by atoms with Gasteiger partial charge in [-0.15, -0.1) is 0 Å². The SMILES string of the molecule is CCCCNc1ccc2c(c1)Oc1cc(Cl)c(Nc3ccc(Cl)cc3)cc1C21OC(=O)c2ccccc21. The first-order valence-electron chi connectivity index (χ1n) is 12.3. The van der Waals surface area contributed by atoms with E-state index in [0.29, 0.717) is 38.4 Å². The Morgan fingerprint density at radius 2 is 1.59 bits per heavy atom. The summed E-state index contributed by atoms with van der Waals surface area (Å²) in [5.74, 6) is 0.782. The van der Waals surface area contributed by atoms with Gasteiger partial charge in [0.15, 0.2) is 5.60 Å². The van der Waals surface area contributed by atoms with Crippen LogP contribution in [-0.4, -0.2) is 12.5 Å². The highest BCUT2D eigenvalue weighted by Crippen LogP contribution is 2.57. The smallest absolute Gasteiger partial charge is 0.340 e. The molecule has 0 radical (unpaired) electrons. The molecule has 2 aliphatic heterocycles. The molecular formula is C30H24Cl2N2O3. The summed E-state index contributed by atoms with van der Waals surface area (Å²) in [7, 11) is 0. The largest absolute Gasteiger partial charge is 0.456 e. The maximum atomic E-state index is 13.1. The minimum Gasteiger partial charge on any atom is -0.456 e. The first-order chi connectivity index (χ1) is 18.0. The van der Waals surface area contributed by atoms with Crippen LogP contribution in [0, 0.1) is 0 Å². The van der Waals surface area contributed by atoms with E-state index in [1.54, 1.807) is 24.3 Å². The van der Waals surface area contributed by atoms with E-state index >= 15 is 0 Å². The van der Waals surface area contributed by atoms with E-state index in [2.05, 4.69) is 17.6 Å². The van der Waals surface area contributed by atoms with Crippen LogP contribution in [0.1, 0.15) is 46.8 Å². The monoisotopic (exact) mass is 530 g/mol. The molecule has 4 aromatic rings. The molecule has 0 aromatic heterocycles. The average Bonchev–Trinajstić information content (AvgIpc) is 3.19. The molecule has 37 heavy (non-hydrogen) atoms. The van der Waals surface area contributed by atoms with Crippen LogP contribution in [0.25, 0.3) is 0 Å². The summed E-state index contributed by atoms with van der Waals surface area (Å²) in [6.45, 7) is 3.02. The molecule has 0 fully saturated rings. The summed E-state index contributed by atoms with van der Waals surface area (Å²) in [6, 6.07) is 24.5. The zero-order valence-corrected chi connectivity index (χ0v) is 21.6. The second kappa shape index (κ2) is 9.33. The average molecular weight is 531 g/mol. The number of fused-ring (bicyclic) bond motifs is 6. The molecule has 0 bridgehead atoms. The van der Waals surface area contributed by atoms with Gasteiger partial charge in [0.1, 0.15) is 11.5 Å². The van der Waals surface area contributed by atoms with Gasteiger partial charge in [0.25, 0.3) is 0 Å². The van der Waals surface area contributed by atoms with Gasteiger partial charge >= 0.3 is 5.97 Å². The van der Waals surface area contributed by atoms with E-state index in [0.717, 1.165) is 41.9 Å². The number of unbranched alkanes of at least 4 members (excludes halogenated alkanes) is 1. The van der Waals surface area contributed by atoms with Gasteiger partial charge in [-0.25, -0.2) is 4.79 Å². The number of anilines is 3. The predicted octanol–water partition coefficient (Wildman–Crippen LogP) is 8.52. The van der Waals surface area contributed by atoms with E-state index in [1.807, 2.05) is 54.6 Å². The fourth-order valence-corrected chi connectivity index (χ4v) is 5.32. The fourth-order valence-electron chi connectivity index (χ4n) is 5.00. The quantitative estimate of drug-likeness (QED) is 0.193. The second-order valence-electron chi connectivity index (χ2n) is 9.17. The second-order valence-corrected chi connectivity index (χ2v) is 10.0. The van der Waals surface area contributed by atoms with Crippen LogP contribution in [0.5, 0.6) is 11.5 Å². The summed E-state index contributed by atoms with van der Waals surface area (Å²) in [5.41, 5.74) is 4.03. The maximum absolute atomic E-state index is 13.1. The van der Waals surface area contributed by atoms with Crippen molar-refractivity contribution in [2.24, 2.45) is 0 Å². The number of ether oxygens (including phenoxy) is 2. The molecule has 2 heterocycles. The van der Waals surface area contributed by atoms with Crippen molar-refractivity contribution in [3.05, 3.63) is 111 Å². The fraction of sp³-hybridized carbons (Fsp3) is 0.167. The van der Waals surface area contributed by atoms with E-state index < -0.39 is 5.60 Å². The van der Waals surface area contributed by atoms with Crippen LogP contribution in [0.15, 0.2) is 78.9 Å². The van der Waals surface area contributed by atoms with Crippen LogP contribution in [0.2, 0.25) is 10.0 Å². The van der Waals surface area contributed by atoms with Crippen LogP contribution >= 0.6 is 23.2 Å². The number of benzene rings is 4. The Labute approximate surface area is 225 Å². The first-order valence-corrected chi connectivity index (χ1v) is 13.0. The highest BCUT2D eigenvalue weighted by molar-refractivity contribution is 6.33. The molecule has 5 nitrogen and oxygen atoms in total. The third kappa shape index (κ3) is 3.99. The van der Waals surface area contributed by atoms with Gasteiger partial charge in [0, 0.05) is 51.8 Å². The Morgan fingerprint density at radius 3 is 2.41 bits per heavy atom. The van der Waals surface area contributed by atoms with E-state index in [4.69, 9.17) is 32.7 Å². The standard InChI is InChI=1S/C30H24Cl2N2O3/c1-2-3-14-33-20-12-13-23-27(15-20)36-28-17-25(32)26(34-19-10-8-18(31)9-11-19)16-24(28)30(23)22-7-5-4-6-21(22)29(35)37-30/h4-13,15-17,33-34H,2-3,14H2,1H3. The molecule has 1 unspecified atom stereocenters. The van der Waals surface area contributed by atoms with Gasteiger partial charge in [-0.05, 0) is 55.0 Å². The van der Waals surface area contributed by atoms with Crippen molar-refractivity contribution in [2.45, 2.75) is 25.4 Å². The Bertz CT molecular complexity index is 1520. The lowest BCUT2D eigenvalue weighted by Crippen LogP contribution is -2.33. The first kappa shape index (κ1) is 23.7. The van der Waals surface area contributed by atoms with Crippen molar-refractivity contribution in [2.75, 3.05) is 17.2 Å². The molecule has 1 spiro atoms. The van der Waals surface area contributed by atoms with Crippen molar-refractivity contribution in [1.82, 2.24) is 0 Å². The highest BCUT2D eigenvalue weighted by Gasteiger charge is 2.53. The summed E-state index contributed by atoms with van der Waals surface area (Å²) in [6.07, 6.45) is 2.16. The predicted molar refractivity (Wildman–Crippen MR) is 148 cm³/mol. The van der Waals surface area contributed by atoms with Crippen LogP contribution in [0.4, 0.5) is 17.1 Å². The van der Waals surface area contributed by atoms with E-state index in [1.165, 1.54) is 0 Å². The lowest BCUT2D eigenvalue weighted by atomic mass is 9.77. The number of hydrogen-bond donors (Lipinski definition) is 2. The highest BCUT2D eigenvalue weighted by atomic mass is 35.5. The molecule has 2 N–H and O–H groups in total. The van der Waals surface area contributed by atoms with Crippen molar-refractivity contribution in [3.63, 3.8) is 0 Å². The number of halogens is 2. The number of carbonyl (C=O) groups is 1. The third-order valence-electron chi connectivity index (χ3n) is 6.78. The Morgan fingerprint density at radius 1 is 0.838 bits per heavy atom. The van der Waals surface area contributed by atoms with Crippen molar-refractivity contribution < 1.29 is 14.3 Å². The Balaban J connectivity index is 1.52. The molecule has 0 amide bonds. The molecule has 186 valence electrons. The van der Waals surface area contributed by atoms with Crippen LogP contribution < -0.4 is 15.4 Å². The number of rotatable bonds is 6. The normalized spacial score (nSPS) is 16.9. The minimum absolute atomic E-state index is 0.373. The van der Waals surface area contributed by atoms with Gasteiger partial charge in [0.05, 0.1) is 16.3 Å². The number of hydrogen-bond acceptors (Lipinski definition) is 5. The summed E-state index contributed by atoms with van der Waals surface area (Å²) in [4.78, 5) is 13.1. The maximum Gasteiger partial charge on any atom is 0.340 e. The van der Waals surface area contributed by atoms with Gasteiger partial charge < -0.3 is 20.1 Å². The third-order valence-corrected chi connectivity index (χ3v) is 7.35. The van der Waals surface area contributed by atoms with Crippen molar-refractivity contribution in [3.8, 4) is 11.5 Å². The number of carbonyl (C=O) groups excluding carboxylic acids is 1. The molecule has 2 aliphatic rings. The molecule has 7 heteroatoms. The summed E-state index contributed by atoms with van der Waals surface area (Å²) < 4.78 is 12.7. The molecule has 0 saturated carbocycles.